The molecule has 0 aliphatic carbocycles. The van der Waals surface area contributed by atoms with Crippen LogP contribution < -0.4 is 5.32 Å². The Morgan fingerprint density at radius 3 is 3.24 bits per heavy atom. The van der Waals surface area contributed by atoms with Crippen molar-refractivity contribution >= 4 is 27.4 Å². The summed E-state index contributed by atoms with van der Waals surface area (Å²) in [5.74, 6) is 0.625. The van der Waals surface area contributed by atoms with Gasteiger partial charge >= 0.3 is 0 Å². The number of ether oxygens (including phenoxy) is 1. The lowest BCUT2D eigenvalue weighted by molar-refractivity contribution is 0.0727. The quantitative estimate of drug-likeness (QED) is 0.859. The fraction of sp³-hybridized carbons (Fsp3) is 0.400. The van der Waals surface area contributed by atoms with E-state index in [2.05, 4.69) is 31.2 Å². The smallest absolute Gasteiger partial charge is 0.180 e. The van der Waals surface area contributed by atoms with Crippen LogP contribution in [0.5, 0.6) is 0 Å². The first-order valence-corrected chi connectivity index (χ1v) is 5.90. The zero-order valence-electron chi connectivity index (χ0n) is 9.30. The minimum atomic E-state index is -0.573. The molecule has 0 aromatic carbocycles. The van der Waals surface area contributed by atoms with Gasteiger partial charge in [-0.15, -0.1) is 0 Å². The minimum Gasteiger partial charge on any atom is -0.389 e. The molecule has 7 heteroatoms. The number of imidazole rings is 1. The molecule has 0 aliphatic heterocycles. The van der Waals surface area contributed by atoms with E-state index in [1.165, 1.54) is 0 Å². The first-order chi connectivity index (χ1) is 8.20. The van der Waals surface area contributed by atoms with Crippen molar-refractivity contribution in [1.82, 2.24) is 14.4 Å². The van der Waals surface area contributed by atoms with E-state index in [9.17, 15) is 5.11 Å². The Labute approximate surface area is 107 Å². The Bertz CT molecular complexity index is 502. The normalized spacial score (nSPS) is 12.9. The number of aliphatic hydroxyl groups excluding tert-OH is 1. The van der Waals surface area contributed by atoms with E-state index in [4.69, 9.17) is 4.74 Å². The van der Waals surface area contributed by atoms with Gasteiger partial charge in [0.25, 0.3) is 0 Å². The molecule has 0 spiro atoms. The molecule has 0 amide bonds. The average Bonchev–Trinajstić information content (AvgIpc) is 2.74. The lowest BCUT2D eigenvalue weighted by atomic mass is 10.4. The molecule has 17 heavy (non-hydrogen) atoms. The van der Waals surface area contributed by atoms with Crippen molar-refractivity contribution in [3.05, 3.63) is 23.2 Å². The van der Waals surface area contributed by atoms with Gasteiger partial charge < -0.3 is 19.6 Å². The van der Waals surface area contributed by atoms with E-state index >= 15 is 0 Å². The molecule has 1 atom stereocenters. The molecule has 0 saturated heterocycles. The molecule has 2 aromatic heterocycles. The second kappa shape index (κ2) is 5.44. The van der Waals surface area contributed by atoms with Gasteiger partial charge in [0.1, 0.15) is 4.60 Å². The molecule has 2 heterocycles. The van der Waals surface area contributed by atoms with Crippen LogP contribution in [0.1, 0.15) is 0 Å². The van der Waals surface area contributed by atoms with Gasteiger partial charge in [-0.2, -0.15) is 0 Å². The lowest BCUT2D eigenvalue weighted by Gasteiger charge is -2.11. The maximum absolute atomic E-state index is 9.55. The van der Waals surface area contributed by atoms with Crippen LogP contribution in [-0.4, -0.2) is 45.8 Å². The van der Waals surface area contributed by atoms with Crippen LogP contribution in [0, 0.1) is 0 Å². The SMILES string of the molecule is COCC(O)CNc1nc(Br)cn2ccnc12. The van der Waals surface area contributed by atoms with Gasteiger partial charge in [0.15, 0.2) is 11.5 Å². The predicted octanol–water partition coefficient (Wildman–Crippen LogP) is 0.911. The Hall–Kier alpha value is -1.18. The molecule has 0 aliphatic rings. The highest BCUT2D eigenvalue weighted by Crippen LogP contribution is 2.16. The summed E-state index contributed by atoms with van der Waals surface area (Å²) in [6, 6.07) is 0. The molecule has 2 aromatic rings. The monoisotopic (exact) mass is 300 g/mol. The lowest BCUT2D eigenvalue weighted by Crippen LogP contribution is -2.24. The maximum Gasteiger partial charge on any atom is 0.180 e. The van der Waals surface area contributed by atoms with E-state index in [-0.39, 0.29) is 6.61 Å². The molecule has 0 bridgehead atoms. The second-order valence-corrected chi connectivity index (χ2v) is 4.37. The molecule has 2 rings (SSSR count). The summed E-state index contributed by atoms with van der Waals surface area (Å²) >= 11 is 3.32. The maximum atomic E-state index is 9.55. The number of nitrogens with one attached hydrogen (secondary N) is 1. The third-order valence-corrected chi connectivity index (χ3v) is 2.59. The van der Waals surface area contributed by atoms with Crippen molar-refractivity contribution in [2.45, 2.75) is 6.10 Å². The number of aliphatic hydroxyl groups is 1. The number of fused-ring (bicyclic) bond motifs is 1. The number of hydrogen-bond donors (Lipinski definition) is 2. The van der Waals surface area contributed by atoms with Crippen LogP contribution in [0.15, 0.2) is 23.2 Å². The number of aromatic nitrogens is 3. The number of methoxy groups -OCH3 is 1. The predicted molar refractivity (Wildman–Crippen MR) is 67.1 cm³/mol. The van der Waals surface area contributed by atoms with Crippen LogP contribution in [0.2, 0.25) is 0 Å². The summed E-state index contributed by atoms with van der Waals surface area (Å²) in [6.45, 7) is 0.644. The summed E-state index contributed by atoms with van der Waals surface area (Å²) in [7, 11) is 1.55. The standard InChI is InChI=1S/C10H13BrN4O2/c1-17-6-7(16)4-13-9-10-12-2-3-15(10)5-8(11)14-9/h2-3,5,7,16H,4,6H2,1H3,(H,13,14). The minimum absolute atomic E-state index is 0.283. The third kappa shape index (κ3) is 2.93. The van der Waals surface area contributed by atoms with Crippen LogP contribution in [0.25, 0.3) is 5.65 Å². The Balaban J connectivity index is 2.14. The number of nitrogens with zero attached hydrogens (tertiary/aromatic N) is 3. The van der Waals surface area contributed by atoms with Gasteiger partial charge in [0.05, 0.1) is 12.7 Å². The van der Waals surface area contributed by atoms with E-state index in [1.54, 1.807) is 13.3 Å². The number of rotatable bonds is 5. The zero-order valence-corrected chi connectivity index (χ0v) is 10.9. The largest absolute Gasteiger partial charge is 0.389 e. The fourth-order valence-electron chi connectivity index (χ4n) is 1.49. The molecule has 2 N–H and O–H groups in total. The first-order valence-electron chi connectivity index (χ1n) is 5.11. The number of halogens is 1. The van der Waals surface area contributed by atoms with Gasteiger partial charge in [0.2, 0.25) is 0 Å². The Morgan fingerprint density at radius 1 is 1.65 bits per heavy atom. The van der Waals surface area contributed by atoms with Crippen molar-refractivity contribution in [1.29, 1.82) is 0 Å². The summed E-state index contributed by atoms with van der Waals surface area (Å²) in [6.07, 6.45) is 4.77. The van der Waals surface area contributed by atoms with Gasteiger partial charge in [0, 0.05) is 32.2 Å². The summed E-state index contributed by atoms with van der Waals surface area (Å²) in [5, 5.41) is 12.6. The Kier molecular flexibility index (Phi) is 3.93. The van der Waals surface area contributed by atoms with E-state index in [1.807, 2.05) is 16.8 Å². The van der Waals surface area contributed by atoms with Gasteiger partial charge in [-0.1, -0.05) is 0 Å². The second-order valence-electron chi connectivity index (χ2n) is 3.56. The molecule has 0 saturated carbocycles. The molecular weight excluding hydrogens is 288 g/mol. The van der Waals surface area contributed by atoms with Crippen LogP contribution in [0.3, 0.4) is 0 Å². The van der Waals surface area contributed by atoms with Crippen molar-refractivity contribution in [3.63, 3.8) is 0 Å². The van der Waals surface area contributed by atoms with Gasteiger partial charge in [-0.3, -0.25) is 0 Å². The van der Waals surface area contributed by atoms with Crippen LogP contribution in [0.4, 0.5) is 5.82 Å². The fourth-order valence-corrected chi connectivity index (χ4v) is 1.88. The topological polar surface area (TPSA) is 71.7 Å². The zero-order chi connectivity index (χ0) is 12.3. The molecule has 92 valence electrons. The summed E-state index contributed by atoms with van der Waals surface area (Å²) in [5.41, 5.74) is 0.720. The van der Waals surface area contributed by atoms with Crippen molar-refractivity contribution < 1.29 is 9.84 Å². The van der Waals surface area contributed by atoms with E-state index in [0.717, 1.165) is 5.65 Å². The van der Waals surface area contributed by atoms with Crippen LogP contribution in [-0.2, 0) is 4.74 Å². The van der Waals surface area contributed by atoms with E-state index < -0.39 is 6.10 Å². The van der Waals surface area contributed by atoms with Crippen LogP contribution >= 0.6 is 15.9 Å². The summed E-state index contributed by atoms with van der Waals surface area (Å²) in [4.78, 5) is 8.46. The van der Waals surface area contributed by atoms with Gasteiger partial charge in [-0.25, -0.2) is 9.97 Å². The Morgan fingerprint density at radius 2 is 2.47 bits per heavy atom. The molecule has 0 radical (unpaired) electrons. The molecular formula is C10H13BrN4O2. The molecule has 1 unspecified atom stereocenters. The van der Waals surface area contributed by atoms with Crippen molar-refractivity contribution in [3.8, 4) is 0 Å². The highest BCUT2D eigenvalue weighted by Gasteiger charge is 2.08. The van der Waals surface area contributed by atoms with Gasteiger partial charge in [-0.05, 0) is 15.9 Å². The first kappa shape index (κ1) is 12.3. The number of anilines is 1. The highest BCUT2D eigenvalue weighted by atomic mass is 79.9. The summed E-state index contributed by atoms with van der Waals surface area (Å²) < 4.78 is 7.40. The van der Waals surface area contributed by atoms with Crippen molar-refractivity contribution in [2.75, 3.05) is 25.6 Å². The number of hydrogen-bond acceptors (Lipinski definition) is 5. The average molecular weight is 301 g/mol. The van der Waals surface area contributed by atoms with E-state index in [0.29, 0.717) is 17.0 Å². The molecule has 0 fully saturated rings. The van der Waals surface area contributed by atoms with Crippen molar-refractivity contribution in [2.24, 2.45) is 0 Å². The molecule has 6 nitrogen and oxygen atoms in total. The third-order valence-electron chi connectivity index (χ3n) is 2.21. The highest BCUT2D eigenvalue weighted by molar-refractivity contribution is 9.10.